The molecular weight excluding hydrogens is 130 g/mol. The van der Waals surface area contributed by atoms with Crippen molar-refractivity contribution >= 4 is 17.4 Å². The molecule has 9 heavy (non-hydrogen) atoms. The second-order valence-electron chi connectivity index (χ2n) is 2.51. The lowest BCUT2D eigenvalue weighted by Gasteiger charge is -2.07. The molecule has 0 aromatic carbocycles. The third-order valence-electron chi connectivity index (χ3n) is 1.81. The summed E-state index contributed by atoms with van der Waals surface area (Å²) in [5, 5.41) is 2.45. The van der Waals surface area contributed by atoms with Crippen LogP contribution in [0.3, 0.4) is 0 Å². The Morgan fingerprint density at radius 3 is 2.44 bits per heavy atom. The zero-order chi connectivity index (χ0) is 6.53. The predicted octanol–water partition coefficient (Wildman–Crippen LogP) is 1.76. The van der Waals surface area contributed by atoms with Crippen molar-refractivity contribution in [2.75, 3.05) is 0 Å². The van der Waals surface area contributed by atoms with Crippen LogP contribution in [0.2, 0.25) is 0 Å². The zero-order valence-electron chi connectivity index (χ0n) is 5.47. The molecule has 0 unspecified atom stereocenters. The van der Waals surface area contributed by atoms with Crippen LogP contribution in [0.1, 0.15) is 32.1 Å². The summed E-state index contributed by atoms with van der Waals surface area (Å²) in [5.41, 5.74) is 0. The molecule has 1 fully saturated rings. The molecule has 0 bridgehead atoms. The molecule has 0 spiro atoms. The highest BCUT2D eigenvalue weighted by Crippen LogP contribution is 2.16. The summed E-state index contributed by atoms with van der Waals surface area (Å²) in [4.78, 5) is 4.05. The summed E-state index contributed by atoms with van der Waals surface area (Å²) in [6.07, 6.45) is 6.48. The predicted molar refractivity (Wildman–Crippen MR) is 41.6 cm³/mol. The van der Waals surface area contributed by atoms with Crippen molar-refractivity contribution in [3.8, 4) is 0 Å². The van der Waals surface area contributed by atoms with Crippen LogP contribution in [-0.2, 0) is 0 Å². The minimum absolute atomic E-state index is 0.510. The van der Waals surface area contributed by atoms with Crippen LogP contribution < -0.4 is 4.99 Å². The Hall–Kier alpha value is -0.200. The highest BCUT2D eigenvalue weighted by atomic mass is 32.1. The third-order valence-corrected chi connectivity index (χ3v) is 1.92. The fourth-order valence-electron chi connectivity index (χ4n) is 1.28. The Kier molecular flexibility index (Phi) is 2.88. The Balaban J connectivity index is 2.31. The van der Waals surface area contributed by atoms with Crippen LogP contribution in [0, 0.1) is 0 Å². The molecule has 1 nitrogen and oxygen atoms in total. The maximum Gasteiger partial charge on any atom is 0.323 e. The van der Waals surface area contributed by atoms with Gasteiger partial charge in [0.1, 0.15) is 0 Å². The maximum absolute atomic E-state index is 4.52. The number of isothiocyanates is 1. The van der Waals surface area contributed by atoms with Gasteiger partial charge in [0.2, 0.25) is 6.04 Å². The molecule has 1 rings (SSSR count). The molecular formula is C7H11NS+. The van der Waals surface area contributed by atoms with Crippen molar-refractivity contribution in [3.63, 3.8) is 0 Å². The lowest BCUT2D eigenvalue weighted by Crippen LogP contribution is -2.16. The summed E-state index contributed by atoms with van der Waals surface area (Å²) >= 11 is 4.52. The van der Waals surface area contributed by atoms with Gasteiger partial charge in [-0.3, -0.25) is 0 Å². The van der Waals surface area contributed by atoms with Crippen molar-refractivity contribution in [2.45, 2.75) is 38.1 Å². The minimum atomic E-state index is 0.510. The molecule has 0 aromatic rings. The van der Waals surface area contributed by atoms with Gasteiger partial charge in [0.05, 0.1) is 17.2 Å². The average Bonchev–Trinajstić information content (AvgIpc) is 1.91. The quantitative estimate of drug-likeness (QED) is 0.401. The Morgan fingerprint density at radius 1 is 1.22 bits per heavy atom. The van der Waals surface area contributed by atoms with E-state index in [1.165, 1.54) is 32.1 Å². The van der Waals surface area contributed by atoms with Crippen molar-refractivity contribution in [2.24, 2.45) is 0 Å². The summed E-state index contributed by atoms with van der Waals surface area (Å²) in [5.74, 6) is 0. The summed E-state index contributed by atoms with van der Waals surface area (Å²) in [6, 6.07) is 0.510. The molecule has 0 atom stereocenters. The Labute approximate surface area is 61.2 Å². The molecule has 1 aliphatic carbocycles. The monoisotopic (exact) mass is 141 g/mol. The normalized spacial score (nSPS) is 20.9. The number of rotatable bonds is 1. The maximum atomic E-state index is 4.52. The van der Waals surface area contributed by atoms with Gasteiger partial charge in [-0.2, -0.15) is 0 Å². The van der Waals surface area contributed by atoms with Gasteiger partial charge in [0, 0.05) is 12.8 Å². The van der Waals surface area contributed by atoms with E-state index in [9.17, 15) is 0 Å². The first-order valence-corrected chi connectivity index (χ1v) is 3.91. The van der Waals surface area contributed by atoms with E-state index in [0.717, 1.165) is 0 Å². The van der Waals surface area contributed by atoms with E-state index in [2.05, 4.69) is 22.4 Å². The molecule has 0 N–H and O–H groups in total. The molecule has 1 radical (unpaired) electrons. The van der Waals surface area contributed by atoms with E-state index in [1.807, 2.05) is 0 Å². The summed E-state index contributed by atoms with van der Waals surface area (Å²) in [6.45, 7) is 0. The van der Waals surface area contributed by atoms with Crippen LogP contribution >= 0.6 is 12.2 Å². The molecule has 0 aromatic heterocycles. The topological polar surface area (TPSA) is 14.1 Å². The van der Waals surface area contributed by atoms with E-state index in [1.54, 1.807) is 0 Å². The van der Waals surface area contributed by atoms with Crippen molar-refractivity contribution in [1.29, 1.82) is 0 Å². The number of aliphatic imine (C=N–C) groups is 1. The number of hydrogen-bond donors (Lipinski definition) is 0. The molecule has 0 aliphatic heterocycles. The molecule has 0 heterocycles. The number of hydrogen-bond acceptors (Lipinski definition) is 2. The molecule has 1 aliphatic rings. The Morgan fingerprint density at radius 2 is 1.89 bits per heavy atom. The van der Waals surface area contributed by atoms with E-state index in [0.29, 0.717) is 6.04 Å². The highest BCUT2D eigenvalue weighted by molar-refractivity contribution is 7.78. The van der Waals surface area contributed by atoms with Crippen LogP contribution in [-0.4, -0.2) is 11.2 Å². The minimum Gasteiger partial charge on any atom is -0.0528 e. The van der Waals surface area contributed by atoms with Gasteiger partial charge in [-0.05, 0) is 12.8 Å². The van der Waals surface area contributed by atoms with Crippen LogP contribution in [0.5, 0.6) is 0 Å². The largest absolute Gasteiger partial charge is 0.323 e. The van der Waals surface area contributed by atoms with Crippen molar-refractivity contribution < 1.29 is 0 Å². The van der Waals surface area contributed by atoms with Gasteiger partial charge >= 0.3 is 5.16 Å². The average molecular weight is 141 g/mol. The van der Waals surface area contributed by atoms with Crippen LogP contribution in [0.15, 0.2) is 0 Å². The summed E-state index contributed by atoms with van der Waals surface area (Å²) < 4.78 is 0. The molecule has 2 heteroatoms. The van der Waals surface area contributed by atoms with Gasteiger partial charge < -0.3 is 0 Å². The van der Waals surface area contributed by atoms with Crippen LogP contribution in [0.25, 0.3) is 0 Å². The lowest BCUT2D eigenvalue weighted by molar-refractivity contribution is 0.423. The first-order valence-electron chi connectivity index (χ1n) is 3.50. The highest BCUT2D eigenvalue weighted by Gasteiger charge is 2.19. The summed E-state index contributed by atoms with van der Waals surface area (Å²) in [7, 11) is 0. The standard InChI is InChI=1S/C7H11NS/c9-6-8-7-4-2-1-3-5-7/h7H,1-5H2/q+1. The number of nitrogens with zero attached hydrogens (tertiary/aromatic N) is 1. The van der Waals surface area contributed by atoms with E-state index in [4.69, 9.17) is 0 Å². The van der Waals surface area contributed by atoms with E-state index < -0.39 is 0 Å². The van der Waals surface area contributed by atoms with Crippen molar-refractivity contribution in [3.05, 3.63) is 0 Å². The Bertz CT molecular complexity index is 121. The SMILES string of the molecule is S=C=[N+]C1CCCCC1. The fourth-order valence-corrected chi connectivity index (χ4v) is 1.43. The van der Waals surface area contributed by atoms with Crippen LogP contribution in [0.4, 0.5) is 0 Å². The van der Waals surface area contributed by atoms with Gasteiger partial charge in [-0.25, -0.2) is 0 Å². The van der Waals surface area contributed by atoms with Gasteiger partial charge in [-0.15, -0.1) is 0 Å². The van der Waals surface area contributed by atoms with E-state index in [-0.39, 0.29) is 0 Å². The number of thiocarbonyl (C=S) groups is 1. The lowest BCUT2D eigenvalue weighted by atomic mass is 9.96. The molecule has 0 amide bonds. The van der Waals surface area contributed by atoms with Gasteiger partial charge in [0.25, 0.3) is 0 Å². The van der Waals surface area contributed by atoms with Crippen molar-refractivity contribution in [1.82, 2.24) is 4.99 Å². The smallest absolute Gasteiger partial charge is 0.0528 e. The molecule has 1 saturated carbocycles. The molecule has 0 saturated heterocycles. The first-order chi connectivity index (χ1) is 4.43. The third kappa shape index (κ3) is 2.25. The second-order valence-corrected chi connectivity index (χ2v) is 2.69. The zero-order valence-corrected chi connectivity index (χ0v) is 6.28. The molecule has 49 valence electrons. The fraction of sp³-hybridized carbons (Fsp3) is 0.857. The second kappa shape index (κ2) is 3.76. The van der Waals surface area contributed by atoms with E-state index >= 15 is 0 Å². The van der Waals surface area contributed by atoms with Gasteiger partial charge in [0.15, 0.2) is 0 Å². The van der Waals surface area contributed by atoms with Gasteiger partial charge in [-0.1, -0.05) is 6.42 Å². The first kappa shape index (κ1) is 6.91.